The highest BCUT2D eigenvalue weighted by molar-refractivity contribution is 7.09. The molecule has 21 heavy (non-hydrogen) atoms. The predicted molar refractivity (Wildman–Crippen MR) is 89.9 cm³/mol. The number of hydrogen-bond donors (Lipinski definition) is 1. The van der Waals surface area contributed by atoms with Crippen LogP contribution < -0.4 is 10.2 Å². The average Bonchev–Trinajstić information content (AvgIpc) is 3.18. The van der Waals surface area contributed by atoms with E-state index < -0.39 is 0 Å². The normalized spacial score (nSPS) is 14.4. The van der Waals surface area contributed by atoms with Crippen molar-refractivity contribution in [1.29, 1.82) is 0 Å². The van der Waals surface area contributed by atoms with Gasteiger partial charge in [-0.05, 0) is 55.3 Å². The molecular weight excluding hydrogens is 278 g/mol. The van der Waals surface area contributed by atoms with E-state index in [1.807, 2.05) is 17.5 Å². The Kier molecular flexibility index (Phi) is 4.56. The lowest BCUT2D eigenvalue weighted by molar-refractivity contribution is 0.684. The van der Waals surface area contributed by atoms with E-state index >= 15 is 0 Å². The van der Waals surface area contributed by atoms with Crippen molar-refractivity contribution in [3.05, 3.63) is 45.8 Å². The maximum atomic E-state index is 4.72. The van der Waals surface area contributed by atoms with Crippen molar-refractivity contribution in [3.63, 3.8) is 0 Å². The molecule has 0 atom stereocenters. The number of aromatic nitrogens is 1. The summed E-state index contributed by atoms with van der Waals surface area (Å²) in [6, 6.07) is 7.32. The fourth-order valence-electron chi connectivity index (χ4n) is 2.53. The van der Waals surface area contributed by atoms with Gasteiger partial charge >= 0.3 is 0 Å². The van der Waals surface area contributed by atoms with Gasteiger partial charge in [0.2, 0.25) is 0 Å². The number of pyridine rings is 1. The van der Waals surface area contributed by atoms with Crippen molar-refractivity contribution in [1.82, 2.24) is 10.3 Å². The Labute approximate surface area is 131 Å². The van der Waals surface area contributed by atoms with Gasteiger partial charge in [0.25, 0.3) is 0 Å². The molecule has 0 unspecified atom stereocenters. The average molecular weight is 301 g/mol. The smallest absolute Gasteiger partial charge is 0.131 e. The van der Waals surface area contributed by atoms with Crippen molar-refractivity contribution in [2.45, 2.75) is 45.8 Å². The summed E-state index contributed by atoms with van der Waals surface area (Å²) in [7, 11) is 0. The highest BCUT2D eigenvalue weighted by Gasteiger charge is 2.20. The van der Waals surface area contributed by atoms with Crippen LogP contribution in [0.5, 0.6) is 0 Å². The van der Waals surface area contributed by atoms with Crippen LogP contribution in [0.25, 0.3) is 0 Å². The van der Waals surface area contributed by atoms with Crippen molar-refractivity contribution in [2.24, 2.45) is 0 Å². The third kappa shape index (κ3) is 3.83. The second-order valence-electron chi connectivity index (χ2n) is 5.73. The molecule has 1 saturated carbocycles. The van der Waals surface area contributed by atoms with Gasteiger partial charge in [-0.3, -0.25) is 0 Å². The number of nitrogens with one attached hydrogen (secondary N) is 1. The molecule has 0 bridgehead atoms. The number of nitrogens with zero attached hydrogens (tertiary/aromatic N) is 2. The second-order valence-corrected chi connectivity index (χ2v) is 6.77. The Morgan fingerprint density at radius 2 is 2.29 bits per heavy atom. The van der Waals surface area contributed by atoms with Crippen LogP contribution in [0.3, 0.4) is 0 Å². The molecule has 4 heteroatoms. The van der Waals surface area contributed by atoms with Crippen LogP contribution in [0.1, 0.15) is 35.8 Å². The van der Waals surface area contributed by atoms with Crippen LogP contribution in [0.2, 0.25) is 0 Å². The summed E-state index contributed by atoms with van der Waals surface area (Å²) in [5, 5.41) is 5.68. The Bertz CT molecular complexity index is 576. The number of rotatable bonds is 7. The first-order valence-electron chi connectivity index (χ1n) is 7.72. The summed E-state index contributed by atoms with van der Waals surface area (Å²) in [6.07, 6.45) is 4.68. The molecule has 0 aromatic carbocycles. The number of aryl methyl sites for hydroxylation is 1. The van der Waals surface area contributed by atoms with E-state index in [1.54, 1.807) is 0 Å². The van der Waals surface area contributed by atoms with Crippen LogP contribution >= 0.6 is 11.3 Å². The molecule has 1 fully saturated rings. The Morgan fingerprint density at radius 1 is 1.43 bits per heavy atom. The monoisotopic (exact) mass is 301 g/mol. The molecule has 0 spiro atoms. The van der Waals surface area contributed by atoms with Crippen molar-refractivity contribution < 1.29 is 0 Å². The highest BCUT2D eigenvalue weighted by atomic mass is 32.1. The van der Waals surface area contributed by atoms with Crippen LogP contribution in [0, 0.1) is 6.92 Å². The summed E-state index contributed by atoms with van der Waals surface area (Å²) in [5.41, 5.74) is 2.55. The van der Waals surface area contributed by atoms with Gasteiger partial charge in [-0.1, -0.05) is 6.07 Å². The largest absolute Gasteiger partial charge is 0.352 e. The fraction of sp³-hybridized carbons (Fsp3) is 0.471. The van der Waals surface area contributed by atoms with E-state index in [-0.39, 0.29) is 0 Å². The molecule has 2 aromatic rings. The molecule has 3 rings (SSSR count). The lowest BCUT2D eigenvalue weighted by atomic mass is 10.2. The van der Waals surface area contributed by atoms with Crippen LogP contribution in [-0.2, 0) is 13.1 Å². The van der Waals surface area contributed by atoms with Gasteiger partial charge in [-0.15, -0.1) is 11.3 Å². The Balaban J connectivity index is 1.70. The van der Waals surface area contributed by atoms with Gasteiger partial charge in [0.05, 0.1) is 6.54 Å². The van der Waals surface area contributed by atoms with Crippen molar-refractivity contribution >= 4 is 17.2 Å². The van der Waals surface area contributed by atoms with E-state index in [9.17, 15) is 0 Å². The molecule has 1 N–H and O–H groups in total. The SMILES string of the molecule is CCN(Cc1cccs1)c1ncc(CNC2CC2)cc1C. The summed E-state index contributed by atoms with van der Waals surface area (Å²) < 4.78 is 0. The van der Waals surface area contributed by atoms with Gasteiger partial charge in [0.15, 0.2) is 0 Å². The first kappa shape index (κ1) is 14.5. The van der Waals surface area contributed by atoms with Crippen LogP contribution in [0.15, 0.2) is 29.8 Å². The minimum Gasteiger partial charge on any atom is -0.352 e. The zero-order chi connectivity index (χ0) is 14.7. The molecule has 0 amide bonds. The van der Waals surface area contributed by atoms with E-state index in [4.69, 9.17) is 4.98 Å². The minimum absolute atomic E-state index is 0.746. The predicted octanol–water partition coefficient (Wildman–Crippen LogP) is 3.73. The zero-order valence-corrected chi connectivity index (χ0v) is 13.6. The van der Waals surface area contributed by atoms with Gasteiger partial charge in [-0.2, -0.15) is 0 Å². The minimum atomic E-state index is 0.746. The second kappa shape index (κ2) is 6.58. The Hall–Kier alpha value is -1.39. The molecule has 0 radical (unpaired) electrons. The third-order valence-corrected chi connectivity index (χ3v) is 4.75. The van der Waals surface area contributed by atoms with Gasteiger partial charge < -0.3 is 10.2 Å². The van der Waals surface area contributed by atoms with Gasteiger partial charge in [-0.25, -0.2) is 4.98 Å². The van der Waals surface area contributed by atoms with E-state index in [0.29, 0.717) is 0 Å². The number of anilines is 1. The molecule has 112 valence electrons. The summed E-state index contributed by atoms with van der Waals surface area (Å²) in [4.78, 5) is 8.45. The molecular formula is C17H23N3S. The first-order valence-corrected chi connectivity index (χ1v) is 8.60. The molecule has 2 heterocycles. The molecule has 2 aromatic heterocycles. The first-order chi connectivity index (χ1) is 10.3. The van der Waals surface area contributed by atoms with Gasteiger partial charge in [0, 0.05) is 30.2 Å². The Morgan fingerprint density at radius 3 is 2.90 bits per heavy atom. The zero-order valence-electron chi connectivity index (χ0n) is 12.8. The van der Waals surface area contributed by atoms with Gasteiger partial charge in [0.1, 0.15) is 5.82 Å². The molecule has 0 aliphatic heterocycles. The van der Waals surface area contributed by atoms with Crippen molar-refractivity contribution in [2.75, 3.05) is 11.4 Å². The maximum Gasteiger partial charge on any atom is 0.131 e. The van der Waals surface area contributed by atoms with E-state index in [1.165, 1.54) is 28.8 Å². The number of thiophene rings is 1. The van der Waals surface area contributed by atoms with E-state index in [0.717, 1.165) is 31.5 Å². The van der Waals surface area contributed by atoms with E-state index in [2.05, 4.69) is 47.6 Å². The highest BCUT2D eigenvalue weighted by Crippen LogP contribution is 2.23. The fourth-order valence-corrected chi connectivity index (χ4v) is 3.25. The van der Waals surface area contributed by atoms with Crippen LogP contribution in [0.4, 0.5) is 5.82 Å². The molecule has 1 aliphatic carbocycles. The number of hydrogen-bond acceptors (Lipinski definition) is 4. The topological polar surface area (TPSA) is 28.2 Å². The molecule has 0 saturated heterocycles. The van der Waals surface area contributed by atoms with Crippen LogP contribution in [-0.4, -0.2) is 17.6 Å². The molecule has 3 nitrogen and oxygen atoms in total. The van der Waals surface area contributed by atoms with Crippen molar-refractivity contribution in [3.8, 4) is 0 Å². The lowest BCUT2D eigenvalue weighted by Gasteiger charge is -2.23. The molecule has 1 aliphatic rings. The maximum absolute atomic E-state index is 4.72. The standard InChI is InChI=1S/C17H23N3S/c1-3-20(12-16-5-4-8-21-16)17-13(2)9-14(11-19-17)10-18-15-6-7-15/h4-5,8-9,11,15,18H,3,6-7,10,12H2,1-2H3. The quantitative estimate of drug-likeness (QED) is 0.844. The lowest BCUT2D eigenvalue weighted by Crippen LogP contribution is -2.24. The summed E-state index contributed by atoms with van der Waals surface area (Å²) in [6.45, 7) is 7.22. The summed E-state index contributed by atoms with van der Waals surface area (Å²) >= 11 is 1.81. The third-order valence-electron chi connectivity index (χ3n) is 3.89. The summed E-state index contributed by atoms with van der Waals surface area (Å²) in [5.74, 6) is 1.11.